The van der Waals surface area contributed by atoms with Crippen LogP contribution in [0, 0.1) is 0 Å². The molecule has 0 amide bonds. The second kappa shape index (κ2) is 6.95. The van der Waals surface area contributed by atoms with Gasteiger partial charge in [-0.25, -0.2) is 5.11 Å². The fourth-order valence-electron chi connectivity index (χ4n) is 0.530. The van der Waals surface area contributed by atoms with Crippen molar-refractivity contribution >= 4 is 0 Å². The molecule has 0 saturated heterocycles. The Bertz CT molecular complexity index is 70.0. The average molecular weight is 148 g/mol. The number of hydrogen-bond acceptors (Lipinski definition) is 3. The molecule has 10 heavy (non-hydrogen) atoms. The minimum absolute atomic E-state index is 0.0950. The molecule has 0 bridgehead atoms. The van der Waals surface area contributed by atoms with Crippen LogP contribution in [0.5, 0.6) is 0 Å². The van der Waals surface area contributed by atoms with Crippen molar-refractivity contribution < 1.29 is 15.3 Å². The molecule has 61 valence electrons. The van der Waals surface area contributed by atoms with Crippen LogP contribution in [-0.4, -0.2) is 42.6 Å². The lowest BCUT2D eigenvalue weighted by Crippen LogP contribution is -2.30. The van der Waals surface area contributed by atoms with E-state index in [-0.39, 0.29) is 13.2 Å². The van der Waals surface area contributed by atoms with Crippen LogP contribution in [0.3, 0.4) is 0 Å². The molecule has 4 heteroatoms. The van der Waals surface area contributed by atoms with Crippen molar-refractivity contribution in [2.24, 2.45) is 0 Å². The summed E-state index contributed by atoms with van der Waals surface area (Å²) in [5, 5.41) is 29.8. The summed E-state index contributed by atoms with van der Waals surface area (Å²) in [6, 6.07) is 0. The van der Waals surface area contributed by atoms with Crippen LogP contribution in [0.2, 0.25) is 0 Å². The lowest BCUT2D eigenvalue weighted by atomic mass is 10.3. The molecule has 0 spiro atoms. The van der Waals surface area contributed by atoms with E-state index in [0.29, 0.717) is 19.5 Å². The SMILES string of the molecule is [O]CCCNCC(O)CO. The topological polar surface area (TPSA) is 72.4 Å². The normalized spacial score (nSPS) is 13.5. The lowest BCUT2D eigenvalue weighted by molar-refractivity contribution is 0.0936. The van der Waals surface area contributed by atoms with E-state index in [1.54, 1.807) is 0 Å². The van der Waals surface area contributed by atoms with Gasteiger partial charge >= 0.3 is 0 Å². The maximum Gasteiger partial charge on any atom is 0.0894 e. The van der Waals surface area contributed by atoms with Crippen LogP contribution >= 0.6 is 0 Å². The van der Waals surface area contributed by atoms with Gasteiger partial charge in [-0.1, -0.05) is 0 Å². The van der Waals surface area contributed by atoms with Crippen molar-refractivity contribution in [2.45, 2.75) is 12.5 Å². The van der Waals surface area contributed by atoms with Gasteiger partial charge in [-0.05, 0) is 13.0 Å². The van der Waals surface area contributed by atoms with Gasteiger partial charge in [0.1, 0.15) is 0 Å². The first-order valence-corrected chi connectivity index (χ1v) is 3.39. The van der Waals surface area contributed by atoms with E-state index in [2.05, 4.69) is 5.32 Å². The summed E-state index contributed by atoms with van der Waals surface area (Å²) < 4.78 is 0. The van der Waals surface area contributed by atoms with Crippen molar-refractivity contribution in [3.05, 3.63) is 0 Å². The zero-order valence-electron chi connectivity index (χ0n) is 5.92. The fourth-order valence-corrected chi connectivity index (χ4v) is 0.530. The highest BCUT2D eigenvalue weighted by Gasteiger charge is 1.98. The van der Waals surface area contributed by atoms with E-state index < -0.39 is 6.10 Å². The lowest BCUT2D eigenvalue weighted by Gasteiger charge is -2.06. The summed E-state index contributed by atoms with van der Waals surface area (Å²) in [4.78, 5) is 0. The molecule has 0 heterocycles. The molecule has 0 saturated carbocycles. The Hall–Kier alpha value is -0.160. The van der Waals surface area contributed by atoms with Gasteiger partial charge in [0.15, 0.2) is 0 Å². The average Bonchev–Trinajstić information content (AvgIpc) is 1.98. The van der Waals surface area contributed by atoms with Crippen LogP contribution in [0.15, 0.2) is 0 Å². The number of nitrogens with one attached hydrogen (secondary N) is 1. The highest BCUT2D eigenvalue weighted by Crippen LogP contribution is 1.77. The Labute approximate surface area is 60.5 Å². The van der Waals surface area contributed by atoms with Crippen LogP contribution in [0.25, 0.3) is 0 Å². The molecule has 3 N–H and O–H groups in total. The molecule has 0 aliphatic rings. The maximum absolute atomic E-state index is 9.89. The Balaban J connectivity index is 2.89. The summed E-state index contributed by atoms with van der Waals surface area (Å²) in [5.41, 5.74) is 0. The molecule has 1 radical (unpaired) electrons. The highest BCUT2D eigenvalue weighted by atomic mass is 16.3. The summed E-state index contributed by atoms with van der Waals surface area (Å²) in [6.07, 6.45) is -0.135. The third kappa shape index (κ3) is 5.97. The van der Waals surface area contributed by atoms with Gasteiger partial charge in [0.25, 0.3) is 0 Å². The molecule has 4 nitrogen and oxygen atoms in total. The number of rotatable bonds is 6. The van der Waals surface area contributed by atoms with Crippen LogP contribution in [-0.2, 0) is 5.11 Å². The van der Waals surface area contributed by atoms with E-state index in [0.717, 1.165) is 0 Å². The summed E-state index contributed by atoms with van der Waals surface area (Å²) in [6.45, 7) is 0.643. The zero-order valence-corrected chi connectivity index (χ0v) is 5.92. The summed E-state index contributed by atoms with van der Waals surface area (Å²) >= 11 is 0. The van der Waals surface area contributed by atoms with Gasteiger partial charge in [-0.2, -0.15) is 0 Å². The smallest absolute Gasteiger partial charge is 0.0894 e. The fraction of sp³-hybridized carbons (Fsp3) is 1.00. The van der Waals surface area contributed by atoms with Gasteiger partial charge in [-0.3, -0.25) is 0 Å². The van der Waals surface area contributed by atoms with E-state index in [4.69, 9.17) is 10.2 Å². The number of aliphatic hydroxyl groups is 2. The zero-order chi connectivity index (χ0) is 7.82. The minimum atomic E-state index is -0.702. The van der Waals surface area contributed by atoms with E-state index in [1.807, 2.05) is 0 Å². The minimum Gasteiger partial charge on any atom is -0.394 e. The van der Waals surface area contributed by atoms with Gasteiger partial charge in [-0.15, -0.1) is 0 Å². The van der Waals surface area contributed by atoms with Crippen molar-refractivity contribution in [3.8, 4) is 0 Å². The second-order valence-corrected chi connectivity index (χ2v) is 2.10. The number of aliphatic hydroxyl groups excluding tert-OH is 2. The molecular weight excluding hydrogens is 134 g/mol. The van der Waals surface area contributed by atoms with Crippen molar-refractivity contribution in [1.82, 2.24) is 5.32 Å². The molecular formula is C6H14NO3. The van der Waals surface area contributed by atoms with Gasteiger partial charge in [0, 0.05) is 6.54 Å². The molecule has 1 unspecified atom stereocenters. The third-order valence-electron chi connectivity index (χ3n) is 1.09. The molecule has 0 aliphatic heterocycles. The van der Waals surface area contributed by atoms with E-state index >= 15 is 0 Å². The summed E-state index contributed by atoms with van der Waals surface area (Å²) in [5.74, 6) is 0. The Morgan fingerprint density at radius 3 is 2.70 bits per heavy atom. The van der Waals surface area contributed by atoms with Gasteiger partial charge in [0.05, 0.1) is 19.3 Å². The van der Waals surface area contributed by atoms with Gasteiger partial charge in [0.2, 0.25) is 0 Å². The largest absolute Gasteiger partial charge is 0.394 e. The van der Waals surface area contributed by atoms with E-state index in [1.165, 1.54) is 0 Å². The number of hydrogen-bond donors (Lipinski definition) is 3. The molecule has 0 aromatic heterocycles. The first-order chi connectivity index (χ1) is 4.81. The molecule has 0 rings (SSSR count). The highest BCUT2D eigenvalue weighted by molar-refractivity contribution is 4.56. The van der Waals surface area contributed by atoms with Crippen LogP contribution < -0.4 is 5.32 Å². The molecule has 0 fully saturated rings. The Morgan fingerprint density at radius 2 is 2.20 bits per heavy atom. The molecule has 0 aromatic carbocycles. The summed E-state index contributed by atoms with van der Waals surface area (Å²) in [7, 11) is 0. The molecule has 0 aromatic rings. The molecule has 1 atom stereocenters. The van der Waals surface area contributed by atoms with Crippen molar-refractivity contribution in [1.29, 1.82) is 0 Å². The van der Waals surface area contributed by atoms with Gasteiger partial charge < -0.3 is 15.5 Å². The molecule has 0 aliphatic carbocycles. The standard InChI is InChI=1S/C6H14NO3/c8-3-1-2-7-4-6(10)5-9/h6-7,9-10H,1-5H2. The third-order valence-corrected chi connectivity index (χ3v) is 1.09. The van der Waals surface area contributed by atoms with Crippen LogP contribution in [0.1, 0.15) is 6.42 Å². The van der Waals surface area contributed by atoms with Crippen LogP contribution in [0.4, 0.5) is 0 Å². The monoisotopic (exact) mass is 148 g/mol. The predicted molar refractivity (Wildman–Crippen MR) is 36.1 cm³/mol. The first-order valence-electron chi connectivity index (χ1n) is 3.39. The van der Waals surface area contributed by atoms with Crippen molar-refractivity contribution in [2.75, 3.05) is 26.3 Å². The second-order valence-electron chi connectivity index (χ2n) is 2.10. The van der Waals surface area contributed by atoms with E-state index in [9.17, 15) is 5.11 Å². The predicted octanol–water partition coefficient (Wildman–Crippen LogP) is -1.25. The maximum atomic E-state index is 9.89. The van der Waals surface area contributed by atoms with Crippen molar-refractivity contribution in [3.63, 3.8) is 0 Å². The Kier molecular flexibility index (Phi) is 6.84. The Morgan fingerprint density at radius 1 is 1.50 bits per heavy atom. The first kappa shape index (κ1) is 9.84. The quantitative estimate of drug-likeness (QED) is 0.412.